The molecule has 0 amide bonds. The maximum absolute atomic E-state index is 9.12. The van der Waals surface area contributed by atoms with Crippen molar-refractivity contribution in [2.24, 2.45) is 5.92 Å². The second-order valence-electron chi connectivity index (χ2n) is 5.20. The highest BCUT2D eigenvalue weighted by Gasteiger charge is 2.24. The molecular weight excluding hydrogens is 198 g/mol. The molecule has 1 rings (SSSR count). The van der Waals surface area contributed by atoms with Crippen LogP contribution in [0.1, 0.15) is 58.8 Å². The fraction of sp³-hybridized carbons (Fsp3) is 1.00. The van der Waals surface area contributed by atoms with Crippen molar-refractivity contribution in [1.82, 2.24) is 4.90 Å². The Hall–Kier alpha value is -0.0800. The lowest BCUT2D eigenvalue weighted by molar-refractivity contribution is 0.108. The molecule has 0 spiro atoms. The Kier molecular flexibility index (Phi) is 7.06. The fourth-order valence-electron chi connectivity index (χ4n) is 2.88. The van der Waals surface area contributed by atoms with Gasteiger partial charge in [-0.1, -0.05) is 26.7 Å². The highest BCUT2D eigenvalue weighted by Crippen LogP contribution is 2.29. The Bertz CT molecular complexity index is 164. The van der Waals surface area contributed by atoms with Crippen molar-refractivity contribution in [3.05, 3.63) is 0 Å². The minimum Gasteiger partial charge on any atom is -0.395 e. The smallest absolute Gasteiger partial charge is 0.0558 e. The van der Waals surface area contributed by atoms with E-state index in [1.54, 1.807) is 0 Å². The molecule has 1 aliphatic rings. The van der Waals surface area contributed by atoms with Crippen LogP contribution in [0, 0.1) is 5.92 Å². The Morgan fingerprint density at radius 2 is 1.75 bits per heavy atom. The summed E-state index contributed by atoms with van der Waals surface area (Å²) >= 11 is 0. The molecule has 0 aliphatic heterocycles. The van der Waals surface area contributed by atoms with Crippen LogP contribution in [0.4, 0.5) is 0 Å². The lowest BCUT2D eigenvalue weighted by atomic mass is 9.84. The Balaban J connectivity index is 2.33. The van der Waals surface area contributed by atoms with Crippen molar-refractivity contribution in [3.63, 3.8) is 0 Å². The van der Waals surface area contributed by atoms with E-state index < -0.39 is 0 Å². The Morgan fingerprint density at radius 3 is 2.25 bits per heavy atom. The van der Waals surface area contributed by atoms with Gasteiger partial charge in [-0.05, 0) is 44.6 Å². The van der Waals surface area contributed by atoms with Crippen LogP contribution >= 0.6 is 0 Å². The minimum absolute atomic E-state index is 0.317. The van der Waals surface area contributed by atoms with E-state index >= 15 is 0 Å². The van der Waals surface area contributed by atoms with Gasteiger partial charge in [0, 0.05) is 12.6 Å². The lowest BCUT2D eigenvalue weighted by Gasteiger charge is -2.36. The van der Waals surface area contributed by atoms with E-state index in [9.17, 15) is 0 Å². The quantitative estimate of drug-likeness (QED) is 0.722. The van der Waals surface area contributed by atoms with Crippen molar-refractivity contribution in [1.29, 1.82) is 0 Å². The van der Waals surface area contributed by atoms with Crippen molar-refractivity contribution in [3.8, 4) is 0 Å². The molecule has 0 aromatic heterocycles. The summed E-state index contributed by atoms with van der Waals surface area (Å²) in [5.41, 5.74) is 0. The molecule has 0 bridgehead atoms. The molecule has 16 heavy (non-hydrogen) atoms. The molecule has 0 saturated heterocycles. The first-order chi connectivity index (χ1) is 7.81. The molecule has 0 aromatic rings. The third-order valence-corrected chi connectivity index (χ3v) is 4.10. The van der Waals surface area contributed by atoms with Gasteiger partial charge in [0.15, 0.2) is 0 Å². The first kappa shape index (κ1) is 14.0. The van der Waals surface area contributed by atoms with E-state index in [-0.39, 0.29) is 0 Å². The van der Waals surface area contributed by atoms with Gasteiger partial charge in [-0.25, -0.2) is 0 Å². The first-order valence-electron chi connectivity index (χ1n) is 7.16. The predicted molar refractivity (Wildman–Crippen MR) is 69.6 cm³/mol. The van der Waals surface area contributed by atoms with Crippen LogP contribution in [0.5, 0.6) is 0 Å². The number of aliphatic hydroxyl groups is 1. The van der Waals surface area contributed by atoms with E-state index in [0.29, 0.717) is 6.61 Å². The molecule has 0 unspecified atom stereocenters. The van der Waals surface area contributed by atoms with Gasteiger partial charge in [-0.2, -0.15) is 0 Å². The van der Waals surface area contributed by atoms with Crippen molar-refractivity contribution >= 4 is 0 Å². The third-order valence-electron chi connectivity index (χ3n) is 4.10. The van der Waals surface area contributed by atoms with E-state index in [0.717, 1.165) is 18.5 Å². The van der Waals surface area contributed by atoms with E-state index in [4.69, 9.17) is 5.11 Å². The molecular formula is C14H29NO. The molecule has 0 aromatic carbocycles. The summed E-state index contributed by atoms with van der Waals surface area (Å²) in [6, 6.07) is 0.751. The normalized spacial score (nSPS) is 26.2. The Labute approximate surface area is 101 Å². The molecule has 0 atom stereocenters. The SMILES string of the molecule is CCCCN(CCO)C1CCC(CC)CC1. The predicted octanol–water partition coefficient (Wildman–Crippen LogP) is 3.05. The average Bonchev–Trinajstić information content (AvgIpc) is 2.35. The van der Waals surface area contributed by atoms with Gasteiger partial charge < -0.3 is 5.11 Å². The molecule has 2 heteroatoms. The van der Waals surface area contributed by atoms with Gasteiger partial charge in [-0.15, -0.1) is 0 Å². The van der Waals surface area contributed by atoms with Gasteiger partial charge in [0.2, 0.25) is 0 Å². The summed E-state index contributed by atoms with van der Waals surface area (Å²) in [4.78, 5) is 2.52. The zero-order valence-electron chi connectivity index (χ0n) is 11.1. The van der Waals surface area contributed by atoms with Crippen molar-refractivity contribution in [2.45, 2.75) is 64.8 Å². The molecule has 1 aliphatic carbocycles. The molecule has 0 radical (unpaired) electrons. The Morgan fingerprint density at radius 1 is 1.06 bits per heavy atom. The number of aliphatic hydroxyl groups excluding tert-OH is 1. The van der Waals surface area contributed by atoms with Crippen LogP contribution in [-0.4, -0.2) is 35.7 Å². The van der Waals surface area contributed by atoms with Gasteiger partial charge in [0.1, 0.15) is 0 Å². The molecule has 1 N–H and O–H groups in total. The van der Waals surface area contributed by atoms with Crippen LogP contribution in [-0.2, 0) is 0 Å². The van der Waals surface area contributed by atoms with Gasteiger partial charge in [-0.3, -0.25) is 4.90 Å². The first-order valence-corrected chi connectivity index (χ1v) is 7.16. The van der Waals surface area contributed by atoms with Gasteiger partial charge in [0.25, 0.3) is 0 Å². The van der Waals surface area contributed by atoms with E-state index in [2.05, 4.69) is 18.7 Å². The number of hydrogen-bond donors (Lipinski definition) is 1. The maximum Gasteiger partial charge on any atom is 0.0558 e. The van der Waals surface area contributed by atoms with E-state index in [1.807, 2.05) is 0 Å². The van der Waals surface area contributed by atoms with Crippen molar-refractivity contribution < 1.29 is 5.11 Å². The monoisotopic (exact) mass is 227 g/mol. The number of hydrogen-bond acceptors (Lipinski definition) is 2. The largest absolute Gasteiger partial charge is 0.395 e. The zero-order chi connectivity index (χ0) is 11.8. The van der Waals surface area contributed by atoms with Gasteiger partial charge >= 0.3 is 0 Å². The summed E-state index contributed by atoms with van der Waals surface area (Å²) in [6.45, 7) is 6.93. The summed E-state index contributed by atoms with van der Waals surface area (Å²) < 4.78 is 0. The van der Waals surface area contributed by atoms with Crippen LogP contribution in [0.15, 0.2) is 0 Å². The van der Waals surface area contributed by atoms with Crippen molar-refractivity contribution in [2.75, 3.05) is 19.7 Å². The highest BCUT2D eigenvalue weighted by molar-refractivity contribution is 4.79. The molecule has 1 fully saturated rings. The topological polar surface area (TPSA) is 23.5 Å². The second kappa shape index (κ2) is 8.08. The standard InChI is InChI=1S/C14H29NO/c1-3-5-10-15(11-12-16)14-8-6-13(4-2)7-9-14/h13-14,16H,3-12H2,1-2H3. The van der Waals surface area contributed by atoms with Crippen LogP contribution < -0.4 is 0 Å². The second-order valence-corrected chi connectivity index (χ2v) is 5.20. The summed E-state index contributed by atoms with van der Waals surface area (Å²) in [7, 11) is 0. The lowest BCUT2D eigenvalue weighted by Crippen LogP contribution is -2.40. The number of nitrogens with zero attached hydrogens (tertiary/aromatic N) is 1. The molecule has 96 valence electrons. The fourth-order valence-corrected chi connectivity index (χ4v) is 2.88. The maximum atomic E-state index is 9.12. The van der Waals surface area contributed by atoms with Gasteiger partial charge in [0.05, 0.1) is 6.61 Å². The molecule has 1 saturated carbocycles. The summed E-state index contributed by atoms with van der Waals surface area (Å²) in [5.74, 6) is 0.971. The summed E-state index contributed by atoms with van der Waals surface area (Å²) in [6.07, 6.45) is 9.37. The minimum atomic E-state index is 0.317. The van der Waals surface area contributed by atoms with Crippen LogP contribution in [0.25, 0.3) is 0 Å². The number of rotatable bonds is 7. The number of unbranched alkanes of at least 4 members (excludes halogenated alkanes) is 1. The molecule has 0 heterocycles. The zero-order valence-corrected chi connectivity index (χ0v) is 11.1. The van der Waals surface area contributed by atoms with Crippen LogP contribution in [0.2, 0.25) is 0 Å². The third kappa shape index (κ3) is 4.42. The van der Waals surface area contributed by atoms with E-state index in [1.165, 1.54) is 51.5 Å². The average molecular weight is 227 g/mol. The van der Waals surface area contributed by atoms with Crippen LogP contribution in [0.3, 0.4) is 0 Å². The molecule has 2 nitrogen and oxygen atoms in total. The summed E-state index contributed by atoms with van der Waals surface area (Å²) in [5, 5.41) is 9.12. The highest BCUT2D eigenvalue weighted by atomic mass is 16.3.